The Morgan fingerprint density at radius 2 is 0.568 bits per heavy atom. The van der Waals surface area contributed by atoms with Gasteiger partial charge >= 0.3 is 35.8 Å². The maximum Gasteiger partial charge on any atom is 0.310 e. The summed E-state index contributed by atoms with van der Waals surface area (Å²) in [4.78, 5) is 69.5. The van der Waals surface area contributed by atoms with Crippen LogP contribution in [0.25, 0.3) is 0 Å². The molecule has 1 saturated carbocycles. The molecule has 0 atom stereocenters. The minimum atomic E-state index is -0.372. The van der Waals surface area contributed by atoms with Crippen LogP contribution >= 0.6 is 59.0 Å². The van der Waals surface area contributed by atoms with Gasteiger partial charge in [-0.3, -0.25) is 28.8 Å². The topological polar surface area (TPSA) is 243 Å². The average Bonchev–Trinajstić information content (AvgIpc) is 1.65. The predicted molar refractivity (Wildman–Crippen MR) is 543 cm³/mol. The minimum absolute atomic E-state index is 0.0611. The third-order valence-electron chi connectivity index (χ3n) is 21.6. The van der Waals surface area contributed by atoms with Crippen LogP contribution in [0.4, 0.5) is 8.78 Å². The molecule has 1 N–H and O–H groups in total. The molecular formula is C112H120Cl4F2O20S. The molecule has 0 aromatic heterocycles. The summed E-state index contributed by atoms with van der Waals surface area (Å²) in [6.45, 7) is 29.3. The summed E-state index contributed by atoms with van der Waals surface area (Å²) in [7, 11) is 0. The molecular weight excluding hydrogens is 1880 g/mol. The second-order valence-corrected chi connectivity index (χ2v) is 33.8. The van der Waals surface area contributed by atoms with Gasteiger partial charge in [0.25, 0.3) is 0 Å². The van der Waals surface area contributed by atoms with Crippen molar-refractivity contribution in [1.82, 2.24) is 0 Å². The molecule has 1 aliphatic rings. The van der Waals surface area contributed by atoms with E-state index in [1.807, 2.05) is 139 Å². The number of aliphatic hydroxyl groups is 1. The largest absolute Gasteiger partial charge is 0.493 e. The van der Waals surface area contributed by atoms with E-state index in [0.717, 1.165) is 86.0 Å². The second kappa shape index (κ2) is 57.7. The number of hydrogen-bond acceptors (Lipinski definition) is 21. The van der Waals surface area contributed by atoms with Gasteiger partial charge in [0.1, 0.15) is 126 Å². The maximum atomic E-state index is 13.7. The van der Waals surface area contributed by atoms with E-state index < -0.39 is 0 Å². The molecule has 0 saturated heterocycles. The molecule has 139 heavy (non-hydrogen) atoms. The SMILES string of the molecule is CCC(=O)Oc1cccc(C)c1COc1ccc(C)c(Cl)c1.CCC(=O)Oc1cccc(C2CC2)c1COc1ccc(C)c(F)c1.CCC(=O)Oc1cccc(CC)c1COc1ccc(C)c(Cl)c1.CCC(=O)Oc1cccc(CO)c1COc1ccc(C)c(F)c1.CCC(=O)Oc1cccc(CS)c1COc1ccc(C)c(Cl)c1.CCOc1cccc(OC(=O)CC)c1COc1ccc(C)c(Cl)c1. The molecule has 12 aromatic rings. The molecule has 20 nitrogen and oxygen atoms in total. The predicted octanol–water partition coefficient (Wildman–Crippen LogP) is 28.3. The molecule has 0 aliphatic heterocycles. The second-order valence-electron chi connectivity index (χ2n) is 31.8. The van der Waals surface area contributed by atoms with E-state index in [-0.39, 0.29) is 86.9 Å². The normalized spacial score (nSPS) is 11.0. The lowest BCUT2D eigenvalue weighted by Crippen LogP contribution is -2.10. The highest BCUT2D eigenvalue weighted by Crippen LogP contribution is 2.45. The van der Waals surface area contributed by atoms with Gasteiger partial charge < -0.3 is 66.7 Å². The fourth-order valence-electron chi connectivity index (χ4n) is 13.0. The average molecular weight is 2000 g/mol. The number of hydrogen-bond donors (Lipinski definition) is 2. The molecule has 1 aliphatic carbocycles. The molecule has 0 amide bonds. The Morgan fingerprint density at radius 1 is 0.302 bits per heavy atom. The van der Waals surface area contributed by atoms with Crippen LogP contribution in [0.1, 0.15) is 207 Å². The summed E-state index contributed by atoms with van der Waals surface area (Å²) in [5, 5.41) is 12.1. The molecule has 0 radical (unpaired) electrons. The molecule has 0 bridgehead atoms. The number of benzene rings is 12. The number of halogens is 6. The van der Waals surface area contributed by atoms with Crippen LogP contribution in [-0.4, -0.2) is 47.5 Å². The van der Waals surface area contributed by atoms with E-state index in [4.69, 9.17) is 108 Å². The van der Waals surface area contributed by atoms with Gasteiger partial charge in [-0.1, -0.05) is 198 Å². The van der Waals surface area contributed by atoms with Gasteiger partial charge in [-0.25, -0.2) is 8.78 Å². The molecule has 13 rings (SSSR count). The Balaban J connectivity index is 0.000000205. The van der Waals surface area contributed by atoms with Crippen LogP contribution in [0.5, 0.6) is 74.7 Å². The Morgan fingerprint density at radius 3 is 0.892 bits per heavy atom. The zero-order chi connectivity index (χ0) is 101. The molecule has 0 heterocycles. The third kappa shape index (κ3) is 35.7. The van der Waals surface area contributed by atoms with Crippen molar-refractivity contribution in [1.29, 1.82) is 0 Å². The zero-order valence-electron chi connectivity index (χ0n) is 81.0. The van der Waals surface area contributed by atoms with E-state index >= 15 is 0 Å². The first-order valence-corrected chi connectivity index (χ1v) is 48.0. The Hall–Kier alpha value is -12.6. The van der Waals surface area contributed by atoms with Gasteiger partial charge in [-0.05, 0) is 245 Å². The molecule has 736 valence electrons. The van der Waals surface area contributed by atoms with Crippen LogP contribution in [0.2, 0.25) is 20.1 Å². The third-order valence-corrected chi connectivity index (χ3v) is 23.6. The molecule has 1 fully saturated rings. The molecule has 0 spiro atoms. The number of esters is 6. The first-order valence-electron chi connectivity index (χ1n) is 45.8. The van der Waals surface area contributed by atoms with Crippen molar-refractivity contribution in [3.63, 3.8) is 0 Å². The summed E-state index contributed by atoms with van der Waals surface area (Å²) >= 11 is 28.8. The number of ether oxygens (including phenoxy) is 13. The van der Waals surface area contributed by atoms with Gasteiger partial charge in [0.2, 0.25) is 0 Å². The van der Waals surface area contributed by atoms with Crippen molar-refractivity contribution in [3.8, 4) is 74.7 Å². The smallest absolute Gasteiger partial charge is 0.310 e. The monoisotopic (exact) mass is 1990 g/mol. The number of aliphatic hydroxyl groups excluding tert-OH is 1. The highest BCUT2D eigenvalue weighted by Gasteiger charge is 2.29. The van der Waals surface area contributed by atoms with Crippen molar-refractivity contribution in [3.05, 3.63) is 345 Å². The van der Waals surface area contributed by atoms with Crippen LogP contribution in [0, 0.1) is 60.1 Å². The summed E-state index contributed by atoms with van der Waals surface area (Å²) in [6.07, 6.45) is 4.96. The van der Waals surface area contributed by atoms with Gasteiger partial charge in [0, 0.05) is 104 Å². The van der Waals surface area contributed by atoms with Crippen molar-refractivity contribution in [2.75, 3.05) is 6.61 Å². The highest BCUT2D eigenvalue weighted by molar-refractivity contribution is 7.79. The lowest BCUT2D eigenvalue weighted by Gasteiger charge is -2.15. The Kier molecular flexibility index (Phi) is 46.4. The summed E-state index contributed by atoms with van der Waals surface area (Å²) in [5.74, 6) is 5.78. The summed E-state index contributed by atoms with van der Waals surface area (Å²) < 4.78 is 99.8. The fraction of sp³-hybridized carbons (Fsp3) is 0.304. The van der Waals surface area contributed by atoms with Crippen molar-refractivity contribution in [2.24, 2.45) is 0 Å². The fourth-order valence-corrected chi connectivity index (χ4v) is 13.9. The first kappa shape index (κ1) is 112. The van der Waals surface area contributed by atoms with Crippen LogP contribution < -0.4 is 61.6 Å². The van der Waals surface area contributed by atoms with Crippen LogP contribution in [0.15, 0.2) is 218 Å². The number of aryl methyl sites for hydroxylation is 8. The van der Waals surface area contributed by atoms with Crippen LogP contribution in [0.3, 0.4) is 0 Å². The molecule has 27 heteroatoms. The Bertz CT molecular complexity index is 5850. The van der Waals surface area contributed by atoms with E-state index in [9.17, 15) is 42.7 Å². The van der Waals surface area contributed by atoms with E-state index in [1.54, 1.807) is 159 Å². The Labute approximate surface area is 839 Å². The minimum Gasteiger partial charge on any atom is -0.493 e. The van der Waals surface area contributed by atoms with Crippen molar-refractivity contribution < 1.29 is 104 Å². The van der Waals surface area contributed by atoms with E-state index in [0.29, 0.717) is 186 Å². The number of thiol groups is 1. The number of rotatable bonds is 36. The molecule has 12 aromatic carbocycles. The highest BCUT2D eigenvalue weighted by atomic mass is 35.5. The quantitative estimate of drug-likeness (QED) is 0.0211. The van der Waals surface area contributed by atoms with Gasteiger partial charge in [0.05, 0.1) is 18.8 Å². The van der Waals surface area contributed by atoms with Gasteiger partial charge in [0.15, 0.2) is 0 Å². The van der Waals surface area contributed by atoms with Crippen LogP contribution in [-0.2, 0) is 87.2 Å². The van der Waals surface area contributed by atoms with Gasteiger partial charge in [-0.2, -0.15) is 12.6 Å². The number of carbonyl (C=O) groups is 6. The zero-order valence-corrected chi connectivity index (χ0v) is 84.9. The maximum absolute atomic E-state index is 13.7. The lowest BCUT2D eigenvalue weighted by atomic mass is 10.0. The molecule has 0 unspecified atom stereocenters. The van der Waals surface area contributed by atoms with Gasteiger partial charge in [-0.15, -0.1) is 0 Å². The van der Waals surface area contributed by atoms with E-state index in [1.165, 1.54) is 12.1 Å². The summed E-state index contributed by atoms with van der Waals surface area (Å²) in [6, 6.07) is 64.6. The standard InChI is InChI=1S/C20H21FO3.C19H21ClO4.C19H21ClO3.C18H19ClO3S.C18H19ClO3.C18H19FO4/c1-3-20(22)24-19-6-4-5-16(14-8-9-14)17(19)12-23-15-10-7-13(2)18(21)11-15;1-4-19(21)24-18-8-6-7-17(22-5-2)15(18)12-23-14-10-9-13(3)16(20)11-14;1-4-14-7-6-8-18(23-19(21)5-2)16(14)12-22-15-10-9-13(3)17(20)11-15;1-3-18(20)22-17-6-4-5-13(11-23)15(17)10-21-14-8-7-12(2)16(19)9-14;1-4-18(20)22-17-7-5-6-12(2)15(17)11-21-14-9-8-13(3)16(19)10-14;1-3-18(21)23-17-6-4-5-13(10-20)15(17)11-22-14-8-7-12(2)16(19)9-14/h4-7,10-11,14H,3,8-9,12H2,1-2H3;6-11H,4-5,12H2,1-3H3;6-11H,4-5,12H2,1-3H3;4-9,23H,3,10-11H2,1-2H3;5-10H,4,11H2,1-3H3;4-9,20H,3,10-11H2,1-2H3. The van der Waals surface area contributed by atoms with E-state index in [2.05, 4.69) is 25.6 Å². The number of carbonyl (C=O) groups excluding carboxylic acids is 6. The van der Waals surface area contributed by atoms with Crippen molar-refractivity contribution in [2.45, 2.75) is 220 Å². The summed E-state index contributed by atoms with van der Waals surface area (Å²) in [5.41, 5.74) is 14.6. The first-order chi connectivity index (χ1) is 66.8. The van der Waals surface area contributed by atoms with Crippen molar-refractivity contribution >= 4 is 94.8 Å². The lowest BCUT2D eigenvalue weighted by molar-refractivity contribution is -0.135.